The topological polar surface area (TPSA) is 40.5 Å². The van der Waals surface area contributed by atoms with Crippen LogP contribution in [0.1, 0.15) is 12.8 Å². The number of halogens is 2. The van der Waals surface area contributed by atoms with Crippen LogP contribution in [0.2, 0.25) is 0 Å². The van der Waals surface area contributed by atoms with E-state index in [-0.39, 0.29) is 26.2 Å². The number of phenols is 2. The van der Waals surface area contributed by atoms with Crippen molar-refractivity contribution < 1.29 is 36.4 Å². The van der Waals surface area contributed by atoms with Gasteiger partial charge in [0.25, 0.3) is 0 Å². The molecule has 0 saturated carbocycles. The molecule has 0 spiro atoms. The Balaban J connectivity index is 0.000000176. The van der Waals surface area contributed by atoms with Crippen molar-refractivity contribution in [2.24, 2.45) is 0 Å². The molecule has 174 valence electrons. The predicted molar refractivity (Wildman–Crippen MR) is 150 cm³/mol. The second kappa shape index (κ2) is 15.7. The van der Waals surface area contributed by atoms with E-state index in [9.17, 15) is 10.2 Å². The summed E-state index contributed by atoms with van der Waals surface area (Å²) >= 11 is 6.84. The molecule has 5 heteroatoms. The summed E-state index contributed by atoms with van der Waals surface area (Å²) in [7, 11) is 0. The number of aromatic hydroxyl groups is 2. The zero-order chi connectivity index (χ0) is 24.2. The second-order valence-corrected chi connectivity index (χ2v) is 9.01. The molecule has 0 fully saturated rings. The third kappa shape index (κ3) is 9.76. The van der Waals surface area contributed by atoms with E-state index in [1.807, 2.05) is 72.8 Å². The maximum atomic E-state index is 9.23. The molecule has 0 aromatic heterocycles. The van der Waals surface area contributed by atoms with Gasteiger partial charge in [-0.2, -0.15) is 12.2 Å². The molecule has 2 aliphatic carbocycles. The van der Waals surface area contributed by atoms with Crippen LogP contribution in [0.15, 0.2) is 118 Å². The number of allylic oxidation sites excluding steroid dienone is 8. The minimum atomic E-state index is 0. The summed E-state index contributed by atoms with van der Waals surface area (Å²) < 4.78 is 2.02. The Labute approximate surface area is 242 Å². The van der Waals surface area contributed by atoms with Gasteiger partial charge in [0, 0.05) is 8.95 Å². The summed E-state index contributed by atoms with van der Waals surface area (Å²) in [4.78, 5) is 0. The molecule has 4 aromatic rings. The van der Waals surface area contributed by atoms with Gasteiger partial charge in [0.2, 0.25) is 0 Å². The summed E-state index contributed by atoms with van der Waals surface area (Å²) in [6.07, 6.45) is 20.0. The van der Waals surface area contributed by atoms with E-state index in [0.29, 0.717) is 11.5 Å². The van der Waals surface area contributed by atoms with Crippen molar-refractivity contribution in [3.8, 4) is 11.5 Å². The average molecular weight is 668 g/mol. The number of hydrogen-bond donors (Lipinski definition) is 2. The largest absolute Gasteiger partial charge is 2.00 e. The van der Waals surface area contributed by atoms with Crippen LogP contribution in [0, 0.1) is 12.2 Å². The Hall–Kier alpha value is -2.20. The molecule has 35 heavy (non-hydrogen) atoms. The molecule has 0 aliphatic heterocycles. The average Bonchev–Trinajstić information content (AvgIpc) is 3.60. The van der Waals surface area contributed by atoms with Crippen LogP contribution in [0.25, 0.3) is 21.5 Å². The molecule has 0 saturated heterocycles. The fourth-order valence-corrected chi connectivity index (χ4v) is 4.12. The van der Waals surface area contributed by atoms with Gasteiger partial charge in [-0.3, -0.25) is 12.2 Å². The van der Waals surface area contributed by atoms with E-state index in [0.717, 1.165) is 43.3 Å². The second-order valence-electron chi connectivity index (χ2n) is 7.30. The molecule has 4 aromatic carbocycles. The molecule has 0 heterocycles. The summed E-state index contributed by atoms with van der Waals surface area (Å²) in [6.45, 7) is 0. The summed E-state index contributed by atoms with van der Waals surface area (Å²) in [5, 5.41) is 22.8. The van der Waals surface area contributed by atoms with E-state index in [4.69, 9.17) is 0 Å². The zero-order valence-corrected chi connectivity index (χ0v) is 24.6. The monoisotopic (exact) mass is 664 g/mol. The SMILES string of the molecule is Oc1ccc2cccc(Br)c2c1.Oc1ccc2cccc(Br)c2c1.[C-]1=CC=CC1.[C-]1=CC=CC1.[Zr+2]. The first-order valence-corrected chi connectivity index (χ1v) is 12.3. The van der Waals surface area contributed by atoms with E-state index >= 15 is 0 Å². The zero-order valence-electron chi connectivity index (χ0n) is 19.0. The minimum absolute atomic E-state index is 0. The fraction of sp³-hybridized carbons (Fsp3) is 0.0667. The smallest absolute Gasteiger partial charge is 0.508 e. The Morgan fingerprint density at radius 1 is 0.600 bits per heavy atom. The first kappa shape index (κ1) is 29.0. The third-order valence-corrected chi connectivity index (χ3v) is 6.18. The molecule has 0 radical (unpaired) electrons. The molecule has 6 rings (SSSR count). The molecule has 2 N–H and O–H groups in total. The van der Waals surface area contributed by atoms with Crippen LogP contribution in [0.3, 0.4) is 0 Å². The molecule has 0 unspecified atom stereocenters. The van der Waals surface area contributed by atoms with Gasteiger partial charge in [-0.05, 0) is 57.9 Å². The maximum Gasteiger partial charge on any atom is 2.00 e. The number of rotatable bonds is 0. The van der Waals surface area contributed by atoms with Gasteiger partial charge in [-0.25, -0.2) is 24.3 Å². The van der Waals surface area contributed by atoms with Gasteiger partial charge >= 0.3 is 26.2 Å². The van der Waals surface area contributed by atoms with Crippen molar-refractivity contribution in [1.29, 1.82) is 0 Å². The van der Waals surface area contributed by atoms with Crippen molar-refractivity contribution >= 4 is 53.4 Å². The van der Waals surface area contributed by atoms with Crippen LogP contribution < -0.4 is 0 Å². The normalized spacial score (nSPS) is 12.2. The van der Waals surface area contributed by atoms with Gasteiger partial charge in [0.05, 0.1) is 0 Å². The Kier molecular flexibility index (Phi) is 13.0. The van der Waals surface area contributed by atoms with Crippen molar-refractivity contribution in [1.82, 2.24) is 0 Å². The van der Waals surface area contributed by atoms with Gasteiger partial charge in [-0.15, -0.1) is 12.8 Å². The van der Waals surface area contributed by atoms with E-state index in [1.165, 1.54) is 0 Å². The molecule has 0 amide bonds. The number of fused-ring (bicyclic) bond motifs is 2. The van der Waals surface area contributed by atoms with Gasteiger partial charge in [0.1, 0.15) is 11.5 Å². The van der Waals surface area contributed by atoms with Crippen LogP contribution in [-0.2, 0) is 26.2 Å². The molecule has 2 nitrogen and oxygen atoms in total. The van der Waals surface area contributed by atoms with E-state index in [2.05, 4.69) is 56.2 Å². The quantitative estimate of drug-likeness (QED) is 0.184. The minimum Gasteiger partial charge on any atom is -0.508 e. The molecule has 0 bridgehead atoms. The summed E-state index contributed by atoms with van der Waals surface area (Å²) in [5.41, 5.74) is 0. The van der Waals surface area contributed by atoms with Crippen molar-refractivity contribution in [2.45, 2.75) is 12.8 Å². The van der Waals surface area contributed by atoms with Crippen molar-refractivity contribution in [2.75, 3.05) is 0 Å². The Morgan fingerprint density at radius 3 is 1.34 bits per heavy atom. The first-order chi connectivity index (χ1) is 16.5. The third-order valence-electron chi connectivity index (χ3n) is 4.80. The number of hydrogen-bond acceptors (Lipinski definition) is 2. The van der Waals surface area contributed by atoms with Gasteiger partial charge in [-0.1, -0.05) is 68.3 Å². The maximum absolute atomic E-state index is 9.23. The van der Waals surface area contributed by atoms with Gasteiger partial charge in [0.15, 0.2) is 0 Å². The molecular formula is C30H24Br2O2Zr. The predicted octanol–water partition coefficient (Wildman–Crippen LogP) is 9.22. The first-order valence-electron chi connectivity index (χ1n) is 10.7. The summed E-state index contributed by atoms with van der Waals surface area (Å²) in [5.74, 6) is 0.601. The number of phenolic OH excluding ortho intramolecular Hbond substituents is 2. The van der Waals surface area contributed by atoms with E-state index in [1.54, 1.807) is 24.3 Å². The van der Waals surface area contributed by atoms with Crippen molar-refractivity contribution in [3.63, 3.8) is 0 Å². The fourth-order valence-electron chi connectivity index (χ4n) is 3.13. The number of benzene rings is 4. The molecule has 2 aliphatic rings. The van der Waals surface area contributed by atoms with E-state index < -0.39 is 0 Å². The van der Waals surface area contributed by atoms with Crippen molar-refractivity contribution in [3.05, 3.63) is 130 Å². The van der Waals surface area contributed by atoms with Crippen LogP contribution in [0.4, 0.5) is 0 Å². The van der Waals surface area contributed by atoms with Crippen LogP contribution >= 0.6 is 31.9 Å². The molecular weight excluding hydrogens is 643 g/mol. The summed E-state index contributed by atoms with van der Waals surface area (Å²) in [6, 6.07) is 22.6. The standard InChI is InChI=1S/2C10H7BrO.2C5H5.Zr/c2*11-10-3-1-2-7-4-5-8(12)6-9(7)10;2*1-2-4-5-3-1;/h2*1-6,12H;2*1-3H,4H2;/q;;2*-1;+2. The van der Waals surface area contributed by atoms with Crippen LogP contribution in [-0.4, -0.2) is 10.2 Å². The van der Waals surface area contributed by atoms with Gasteiger partial charge < -0.3 is 10.2 Å². The van der Waals surface area contributed by atoms with Crippen LogP contribution in [0.5, 0.6) is 11.5 Å². The Morgan fingerprint density at radius 2 is 1.03 bits per heavy atom. The Bertz CT molecular complexity index is 1230. The molecule has 0 atom stereocenters.